The lowest BCUT2D eigenvalue weighted by Crippen LogP contribution is -2.36. The molecule has 1 aromatic heterocycles. The highest BCUT2D eigenvalue weighted by Crippen LogP contribution is 2.24. The summed E-state index contributed by atoms with van der Waals surface area (Å²) in [6.07, 6.45) is 0. The first-order chi connectivity index (χ1) is 9.08. The van der Waals surface area contributed by atoms with Crippen LogP contribution in [-0.2, 0) is 9.59 Å². The largest absolute Gasteiger partial charge is 0.346 e. The van der Waals surface area contributed by atoms with E-state index in [1.54, 1.807) is 17.4 Å². The molecular weight excluding hydrogens is 300 g/mol. The van der Waals surface area contributed by atoms with E-state index in [1.807, 2.05) is 19.1 Å². The van der Waals surface area contributed by atoms with Gasteiger partial charge >= 0.3 is 0 Å². The van der Waals surface area contributed by atoms with Gasteiger partial charge in [0.15, 0.2) is 0 Å². The van der Waals surface area contributed by atoms with E-state index in [-0.39, 0.29) is 37.3 Å². The van der Waals surface area contributed by atoms with Gasteiger partial charge in [0.25, 0.3) is 0 Å². The van der Waals surface area contributed by atoms with Gasteiger partial charge in [-0.1, -0.05) is 0 Å². The van der Waals surface area contributed by atoms with Crippen LogP contribution in [0.25, 0.3) is 10.2 Å². The van der Waals surface area contributed by atoms with E-state index in [1.165, 1.54) is 0 Å². The number of fused-ring (bicyclic) bond motifs is 1. The predicted octanol–water partition coefficient (Wildman–Crippen LogP) is 1.04. The molecule has 8 heteroatoms. The van der Waals surface area contributed by atoms with Crippen molar-refractivity contribution in [3.8, 4) is 0 Å². The molecule has 6 nitrogen and oxygen atoms in total. The summed E-state index contributed by atoms with van der Waals surface area (Å²) in [4.78, 5) is 26.9. The number of nitrogens with one attached hydrogen (secondary N) is 2. The average Bonchev–Trinajstić information content (AvgIpc) is 2.75. The minimum absolute atomic E-state index is 0. The molecular formula is C12H15ClN4O2S. The van der Waals surface area contributed by atoms with Gasteiger partial charge in [-0.3, -0.25) is 9.59 Å². The van der Waals surface area contributed by atoms with E-state index in [4.69, 9.17) is 5.73 Å². The molecule has 0 saturated heterocycles. The van der Waals surface area contributed by atoms with Crippen LogP contribution >= 0.6 is 23.7 Å². The van der Waals surface area contributed by atoms with Gasteiger partial charge < -0.3 is 16.4 Å². The van der Waals surface area contributed by atoms with Crippen molar-refractivity contribution in [1.82, 2.24) is 10.3 Å². The molecule has 0 unspecified atom stereocenters. The number of anilines is 1. The number of rotatable bonds is 4. The zero-order valence-corrected chi connectivity index (χ0v) is 12.4. The van der Waals surface area contributed by atoms with E-state index < -0.39 is 0 Å². The Kier molecular flexibility index (Phi) is 5.87. The summed E-state index contributed by atoms with van der Waals surface area (Å²) < 4.78 is 1.02. The second kappa shape index (κ2) is 7.18. The molecule has 0 saturated carbocycles. The van der Waals surface area contributed by atoms with Crippen LogP contribution in [-0.4, -0.2) is 29.9 Å². The summed E-state index contributed by atoms with van der Waals surface area (Å²) in [7, 11) is 0. The third-order valence-corrected chi connectivity index (χ3v) is 3.34. The molecule has 0 aliphatic heterocycles. The molecule has 2 aromatic rings. The Morgan fingerprint density at radius 2 is 2.10 bits per heavy atom. The van der Waals surface area contributed by atoms with Crippen LogP contribution in [0.3, 0.4) is 0 Å². The van der Waals surface area contributed by atoms with Crippen molar-refractivity contribution in [1.29, 1.82) is 0 Å². The van der Waals surface area contributed by atoms with Crippen molar-refractivity contribution in [2.75, 3.05) is 18.4 Å². The van der Waals surface area contributed by atoms with E-state index in [0.29, 0.717) is 5.69 Å². The molecule has 2 rings (SSSR count). The number of thiazole rings is 1. The average molecular weight is 315 g/mol. The normalized spacial score (nSPS) is 9.90. The standard InChI is InChI=1S/C12H14N4O2S.ClH/c1-7-15-9-3-2-8(4-10(9)19-7)16-12(18)6-14-11(17)5-13;/h2-4H,5-6,13H2,1H3,(H,14,17)(H,16,18);1H. The molecule has 2 amide bonds. The quantitative estimate of drug-likeness (QED) is 0.785. The molecule has 0 atom stereocenters. The zero-order valence-electron chi connectivity index (χ0n) is 10.8. The Labute approximate surface area is 126 Å². The minimum atomic E-state index is -0.358. The summed E-state index contributed by atoms with van der Waals surface area (Å²) in [5.41, 5.74) is 6.72. The Balaban J connectivity index is 0.00000200. The van der Waals surface area contributed by atoms with Gasteiger partial charge in [0.2, 0.25) is 11.8 Å². The van der Waals surface area contributed by atoms with Crippen LogP contribution in [0, 0.1) is 6.92 Å². The smallest absolute Gasteiger partial charge is 0.243 e. The summed E-state index contributed by atoms with van der Waals surface area (Å²) in [5.74, 6) is -0.647. The zero-order chi connectivity index (χ0) is 13.8. The number of carbonyl (C=O) groups excluding carboxylic acids is 2. The molecule has 0 fully saturated rings. The van der Waals surface area contributed by atoms with Crippen LogP contribution in [0.15, 0.2) is 18.2 Å². The first-order valence-corrected chi connectivity index (χ1v) is 6.54. The monoisotopic (exact) mass is 314 g/mol. The summed E-state index contributed by atoms with van der Waals surface area (Å²) >= 11 is 1.57. The summed E-state index contributed by atoms with van der Waals surface area (Å²) in [6.45, 7) is 1.72. The van der Waals surface area contributed by atoms with Gasteiger partial charge in [0.1, 0.15) is 0 Å². The van der Waals surface area contributed by atoms with E-state index in [0.717, 1.165) is 15.2 Å². The first-order valence-electron chi connectivity index (χ1n) is 5.72. The third kappa shape index (κ3) is 4.16. The van der Waals surface area contributed by atoms with Gasteiger partial charge in [-0.05, 0) is 25.1 Å². The number of aryl methyl sites for hydroxylation is 1. The van der Waals surface area contributed by atoms with E-state index >= 15 is 0 Å². The highest BCUT2D eigenvalue weighted by atomic mass is 35.5. The molecule has 0 spiro atoms. The number of amides is 2. The fourth-order valence-electron chi connectivity index (χ4n) is 1.57. The molecule has 20 heavy (non-hydrogen) atoms. The van der Waals surface area contributed by atoms with E-state index in [2.05, 4.69) is 15.6 Å². The molecule has 1 heterocycles. The van der Waals surface area contributed by atoms with Crippen molar-refractivity contribution >= 4 is 51.5 Å². The SMILES string of the molecule is Cc1nc2ccc(NC(=O)CNC(=O)CN)cc2s1.Cl. The van der Waals surface area contributed by atoms with Crippen LogP contribution in [0.1, 0.15) is 5.01 Å². The Hall–Kier alpha value is -1.70. The van der Waals surface area contributed by atoms with Gasteiger partial charge in [-0.15, -0.1) is 23.7 Å². The number of nitrogens with two attached hydrogens (primary N) is 1. The number of aromatic nitrogens is 1. The van der Waals surface area contributed by atoms with Crippen molar-refractivity contribution < 1.29 is 9.59 Å². The van der Waals surface area contributed by atoms with E-state index in [9.17, 15) is 9.59 Å². The Bertz CT molecular complexity index is 629. The maximum absolute atomic E-state index is 11.6. The Morgan fingerprint density at radius 3 is 2.80 bits per heavy atom. The lowest BCUT2D eigenvalue weighted by Gasteiger charge is -2.06. The molecule has 1 aromatic carbocycles. The van der Waals surface area contributed by atoms with Crippen molar-refractivity contribution in [3.63, 3.8) is 0 Å². The first kappa shape index (κ1) is 16.4. The topological polar surface area (TPSA) is 97.1 Å². The lowest BCUT2D eigenvalue weighted by molar-refractivity contribution is -0.123. The Morgan fingerprint density at radius 1 is 1.35 bits per heavy atom. The van der Waals surface area contributed by atoms with Crippen LogP contribution in [0.5, 0.6) is 0 Å². The van der Waals surface area contributed by atoms with Crippen molar-refractivity contribution in [2.45, 2.75) is 6.92 Å². The van der Waals surface area contributed by atoms with Crippen molar-refractivity contribution in [2.24, 2.45) is 5.73 Å². The molecule has 0 aliphatic carbocycles. The highest BCUT2D eigenvalue weighted by molar-refractivity contribution is 7.18. The number of benzene rings is 1. The lowest BCUT2D eigenvalue weighted by atomic mass is 10.3. The number of nitrogens with zero attached hydrogens (tertiary/aromatic N) is 1. The molecule has 0 radical (unpaired) electrons. The van der Waals surface area contributed by atoms with Gasteiger partial charge in [0.05, 0.1) is 28.3 Å². The third-order valence-electron chi connectivity index (χ3n) is 2.41. The van der Waals surface area contributed by atoms with Gasteiger partial charge in [-0.2, -0.15) is 0 Å². The predicted molar refractivity (Wildman–Crippen MR) is 82.3 cm³/mol. The van der Waals surface area contributed by atoms with Crippen molar-refractivity contribution in [3.05, 3.63) is 23.2 Å². The maximum Gasteiger partial charge on any atom is 0.243 e. The van der Waals surface area contributed by atoms with Gasteiger partial charge in [0, 0.05) is 5.69 Å². The van der Waals surface area contributed by atoms with Crippen LogP contribution in [0.4, 0.5) is 5.69 Å². The molecule has 0 bridgehead atoms. The fraction of sp³-hybridized carbons (Fsp3) is 0.250. The number of carbonyl (C=O) groups is 2. The molecule has 108 valence electrons. The second-order valence-electron chi connectivity index (χ2n) is 3.94. The molecule has 0 aliphatic rings. The van der Waals surface area contributed by atoms with Crippen LogP contribution in [0.2, 0.25) is 0 Å². The minimum Gasteiger partial charge on any atom is -0.346 e. The second-order valence-corrected chi connectivity index (χ2v) is 5.18. The van der Waals surface area contributed by atoms with Crippen LogP contribution < -0.4 is 16.4 Å². The number of halogens is 1. The summed E-state index contributed by atoms with van der Waals surface area (Å²) in [5, 5.41) is 6.10. The molecule has 4 N–H and O–H groups in total. The number of hydrogen-bond donors (Lipinski definition) is 3. The summed E-state index contributed by atoms with van der Waals surface area (Å²) in [6, 6.07) is 5.50. The maximum atomic E-state index is 11.6. The fourth-order valence-corrected chi connectivity index (χ4v) is 2.44. The van der Waals surface area contributed by atoms with Gasteiger partial charge in [-0.25, -0.2) is 4.98 Å². The number of hydrogen-bond acceptors (Lipinski definition) is 5. The highest BCUT2D eigenvalue weighted by Gasteiger charge is 2.06.